The molecule has 0 aliphatic heterocycles. The topological polar surface area (TPSA) is 0 Å². The van der Waals surface area contributed by atoms with Gasteiger partial charge in [0.15, 0.2) is 0 Å². The molecule has 0 unspecified atom stereocenters. The fourth-order valence-electron chi connectivity index (χ4n) is 4.30. The Morgan fingerprint density at radius 1 is 0.483 bits per heavy atom. The highest BCUT2D eigenvalue weighted by Gasteiger charge is 2.35. The summed E-state index contributed by atoms with van der Waals surface area (Å²) in [7, 11) is 0. The van der Waals surface area contributed by atoms with Crippen LogP contribution in [-0.4, -0.2) is 0 Å². The molecule has 4 aromatic rings. The molecular weight excluding hydrogens is 348 g/mol. The van der Waals surface area contributed by atoms with E-state index in [0.29, 0.717) is 0 Å². The highest BCUT2D eigenvalue weighted by Crippen LogP contribution is 2.43. The second-order valence-electron chi connectivity index (χ2n) is 7.99. The van der Waals surface area contributed by atoms with E-state index in [-0.39, 0.29) is 5.41 Å². The van der Waals surface area contributed by atoms with Crippen molar-refractivity contribution in [3.8, 4) is 0 Å². The first-order valence-corrected chi connectivity index (χ1v) is 10.4. The Morgan fingerprint density at radius 3 is 1.38 bits per heavy atom. The highest BCUT2D eigenvalue weighted by molar-refractivity contribution is 5.51. The van der Waals surface area contributed by atoms with Crippen molar-refractivity contribution >= 4 is 0 Å². The molecule has 29 heavy (non-hydrogen) atoms. The van der Waals surface area contributed by atoms with Crippen LogP contribution in [0.1, 0.15) is 39.8 Å². The summed E-state index contributed by atoms with van der Waals surface area (Å²) in [6, 6.07) is 40.0. The Hall–Kier alpha value is -3.12. The second kappa shape index (κ2) is 8.49. The van der Waals surface area contributed by atoms with Crippen LogP contribution in [0.3, 0.4) is 0 Å². The van der Waals surface area contributed by atoms with Crippen molar-refractivity contribution in [1.29, 1.82) is 0 Å². The smallest absolute Gasteiger partial charge is 0.0454 e. The Kier molecular flexibility index (Phi) is 5.62. The van der Waals surface area contributed by atoms with Crippen molar-refractivity contribution in [3.05, 3.63) is 143 Å². The van der Waals surface area contributed by atoms with Crippen LogP contribution in [0, 0.1) is 13.8 Å². The highest BCUT2D eigenvalue weighted by atomic mass is 14.4. The Labute approximate surface area is 174 Å². The summed E-state index contributed by atoms with van der Waals surface area (Å²) in [5.41, 5.74) is 7.86. The summed E-state index contributed by atoms with van der Waals surface area (Å²) in [4.78, 5) is 0. The number of benzene rings is 4. The zero-order chi connectivity index (χ0) is 20.1. The largest absolute Gasteiger partial charge is 0.0622 e. The SMILES string of the molecule is Cc1ccc(CCC(c2ccccc2)(c2ccccc2)c2ccc(C)cc2)cc1. The van der Waals surface area contributed by atoms with Crippen LogP contribution in [0.2, 0.25) is 0 Å². The molecule has 0 bridgehead atoms. The van der Waals surface area contributed by atoms with E-state index in [1.165, 1.54) is 33.4 Å². The molecule has 0 N–H and O–H groups in total. The van der Waals surface area contributed by atoms with Gasteiger partial charge in [0.25, 0.3) is 0 Å². The van der Waals surface area contributed by atoms with Gasteiger partial charge in [0, 0.05) is 5.41 Å². The molecular formula is C29H28. The van der Waals surface area contributed by atoms with E-state index < -0.39 is 0 Å². The quantitative estimate of drug-likeness (QED) is 0.310. The summed E-state index contributed by atoms with van der Waals surface area (Å²) in [5.74, 6) is 0. The molecule has 4 aromatic carbocycles. The van der Waals surface area contributed by atoms with Gasteiger partial charge in [-0.2, -0.15) is 0 Å². The number of hydrogen-bond donors (Lipinski definition) is 0. The lowest BCUT2D eigenvalue weighted by Gasteiger charge is -2.36. The van der Waals surface area contributed by atoms with Gasteiger partial charge in [-0.05, 0) is 48.9 Å². The molecule has 0 spiro atoms. The molecule has 0 heteroatoms. The molecule has 4 rings (SSSR count). The van der Waals surface area contributed by atoms with Gasteiger partial charge in [-0.3, -0.25) is 0 Å². The maximum atomic E-state index is 2.31. The average molecular weight is 377 g/mol. The van der Waals surface area contributed by atoms with Gasteiger partial charge in [-0.1, -0.05) is 120 Å². The van der Waals surface area contributed by atoms with Crippen LogP contribution >= 0.6 is 0 Å². The lowest BCUT2D eigenvalue weighted by molar-refractivity contribution is 0.559. The number of aryl methyl sites for hydroxylation is 3. The molecule has 0 saturated heterocycles. The molecule has 0 aromatic heterocycles. The zero-order valence-electron chi connectivity index (χ0n) is 17.3. The summed E-state index contributed by atoms with van der Waals surface area (Å²) in [6.45, 7) is 4.30. The first-order valence-electron chi connectivity index (χ1n) is 10.4. The fourth-order valence-corrected chi connectivity index (χ4v) is 4.30. The van der Waals surface area contributed by atoms with Crippen molar-refractivity contribution in [3.63, 3.8) is 0 Å². The average Bonchev–Trinajstić information content (AvgIpc) is 2.78. The number of rotatable bonds is 6. The van der Waals surface area contributed by atoms with Crippen LogP contribution in [0.25, 0.3) is 0 Å². The molecule has 0 nitrogen and oxygen atoms in total. The standard InChI is InChI=1S/C29H28/c1-23-13-17-25(18-14-23)21-22-29(26-9-5-3-6-10-26,27-11-7-4-8-12-27)28-19-15-24(2)16-20-28/h3-20H,21-22H2,1-2H3. The van der Waals surface area contributed by atoms with E-state index in [4.69, 9.17) is 0 Å². The first kappa shape index (κ1) is 19.2. The summed E-state index contributed by atoms with van der Waals surface area (Å²) < 4.78 is 0. The minimum atomic E-state index is -0.179. The third-order valence-electron chi connectivity index (χ3n) is 5.99. The molecule has 0 amide bonds. The van der Waals surface area contributed by atoms with Gasteiger partial charge >= 0.3 is 0 Å². The molecule has 144 valence electrons. The van der Waals surface area contributed by atoms with E-state index >= 15 is 0 Å². The molecule has 0 atom stereocenters. The van der Waals surface area contributed by atoms with E-state index in [2.05, 4.69) is 123 Å². The lowest BCUT2D eigenvalue weighted by Crippen LogP contribution is -2.30. The van der Waals surface area contributed by atoms with Crippen LogP contribution in [0.4, 0.5) is 0 Å². The van der Waals surface area contributed by atoms with Crippen molar-refractivity contribution in [2.75, 3.05) is 0 Å². The number of hydrogen-bond acceptors (Lipinski definition) is 0. The second-order valence-corrected chi connectivity index (χ2v) is 7.99. The van der Waals surface area contributed by atoms with Gasteiger partial charge in [0.05, 0.1) is 0 Å². The van der Waals surface area contributed by atoms with E-state index in [0.717, 1.165) is 12.8 Å². The summed E-state index contributed by atoms with van der Waals surface area (Å²) in [6.07, 6.45) is 2.05. The maximum Gasteiger partial charge on any atom is 0.0454 e. The van der Waals surface area contributed by atoms with Crippen molar-refractivity contribution in [2.45, 2.75) is 32.1 Å². The minimum absolute atomic E-state index is 0.179. The van der Waals surface area contributed by atoms with Crippen LogP contribution in [0.5, 0.6) is 0 Å². The van der Waals surface area contributed by atoms with Gasteiger partial charge in [0.2, 0.25) is 0 Å². The van der Waals surface area contributed by atoms with Gasteiger partial charge in [0.1, 0.15) is 0 Å². The molecule has 0 saturated carbocycles. The Balaban J connectivity index is 1.87. The molecule has 0 aliphatic carbocycles. The third-order valence-corrected chi connectivity index (χ3v) is 5.99. The predicted octanol–water partition coefficient (Wildman–Crippen LogP) is 7.27. The molecule has 0 fully saturated rings. The first-order chi connectivity index (χ1) is 14.2. The van der Waals surface area contributed by atoms with Crippen molar-refractivity contribution in [2.24, 2.45) is 0 Å². The van der Waals surface area contributed by atoms with E-state index in [1.807, 2.05) is 0 Å². The molecule has 0 heterocycles. The van der Waals surface area contributed by atoms with Crippen molar-refractivity contribution in [1.82, 2.24) is 0 Å². The predicted molar refractivity (Wildman–Crippen MR) is 123 cm³/mol. The Bertz CT molecular complexity index is 987. The van der Waals surface area contributed by atoms with Gasteiger partial charge in [-0.15, -0.1) is 0 Å². The van der Waals surface area contributed by atoms with Crippen LogP contribution < -0.4 is 0 Å². The molecule has 0 radical (unpaired) electrons. The van der Waals surface area contributed by atoms with Crippen LogP contribution in [0.15, 0.2) is 109 Å². The minimum Gasteiger partial charge on any atom is -0.0622 e. The normalized spacial score (nSPS) is 11.4. The summed E-state index contributed by atoms with van der Waals surface area (Å²) >= 11 is 0. The van der Waals surface area contributed by atoms with E-state index in [9.17, 15) is 0 Å². The lowest BCUT2D eigenvalue weighted by atomic mass is 9.66. The Morgan fingerprint density at radius 2 is 0.897 bits per heavy atom. The van der Waals surface area contributed by atoms with Crippen LogP contribution in [-0.2, 0) is 11.8 Å². The fraction of sp³-hybridized carbons (Fsp3) is 0.172. The van der Waals surface area contributed by atoms with Gasteiger partial charge in [-0.25, -0.2) is 0 Å². The molecule has 0 aliphatic rings. The summed E-state index contributed by atoms with van der Waals surface area (Å²) in [5, 5.41) is 0. The maximum absolute atomic E-state index is 2.31. The monoisotopic (exact) mass is 376 g/mol. The zero-order valence-corrected chi connectivity index (χ0v) is 17.3. The van der Waals surface area contributed by atoms with Crippen molar-refractivity contribution < 1.29 is 0 Å². The third kappa shape index (κ3) is 4.03. The van der Waals surface area contributed by atoms with E-state index in [1.54, 1.807) is 0 Å². The van der Waals surface area contributed by atoms with Gasteiger partial charge < -0.3 is 0 Å².